The molecule has 1 amide bonds. The quantitative estimate of drug-likeness (QED) is 0.883. The van der Waals surface area contributed by atoms with Crippen molar-refractivity contribution in [2.75, 3.05) is 7.05 Å². The minimum absolute atomic E-state index is 0.0912. The third-order valence-electron chi connectivity index (χ3n) is 4.08. The van der Waals surface area contributed by atoms with Crippen molar-refractivity contribution in [1.82, 2.24) is 5.32 Å². The summed E-state index contributed by atoms with van der Waals surface area (Å²) in [6.07, 6.45) is -0.231. The number of carbonyl (C=O) groups excluding carboxylic acids is 2. The van der Waals surface area contributed by atoms with E-state index in [-0.39, 0.29) is 23.9 Å². The maximum atomic E-state index is 12.6. The number of nitrogens with one attached hydrogen (secondary N) is 1. The molecule has 2 aromatic carbocycles. The number of benzene rings is 2. The second kappa shape index (κ2) is 6.71. The average Bonchev–Trinajstić information content (AvgIpc) is 2.62. The molecule has 0 fully saturated rings. The van der Waals surface area contributed by atoms with Crippen molar-refractivity contribution in [3.8, 4) is 0 Å². The van der Waals surface area contributed by atoms with Gasteiger partial charge in [-0.15, -0.1) is 0 Å². The zero-order valence-corrected chi connectivity index (χ0v) is 13.7. The summed E-state index contributed by atoms with van der Waals surface area (Å²) in [5.74, 6) is -0.272. The number of aryl methyl sites for hydroxylation is 1. The maximum absolute atomic E-state index is 12.6. The summed E-state index contributed by atoms with van der Waals surface area (Å²) < 4.78 is 6.10. The first-order valence-electron chi connectivity index (χ1n) is 7.88. The van der Waals surface area contributed by atoms with Crippen molar-refractivity contribution in [2.24, 2.45) is 0 Å². The third kappa shape index (κ3) is 3.08. The lowest BCUT2D eigenvalue weighted by Crippen LogP contribution is -2.31. The van der Waals surface area contributed by atoms with Crippen LogP contribution in [0.4, 0.5) is 0 Å². The molecule has 1 aliphatic heterocycles. The van der Waals surface area contributed by atoms with Crippen molar-refractivity contribution < 1.29 is 14.3 Å². The van der Waals surface area contributed by atoms with Crippen LogP contribution in [0.25, 0.3) is 5.76 Å². The summed E-state index contributed by atoms with van der Waals surface area (Å²) in [6, 6.07) is 17.2. The Hall–Kier alpha value is -2.88. The first kappa shape index (κ1) is 16.0. The highest BCUT2D eigenvalue weighted by Crippen LogP contribution is 2.36. The predicted molar refractivity (Wildman–Crippen MR) is 92.1 cm³/mol. The van der Waals surface area contributed by atoms with Crippen molar-refractivity contribution in [2.45, 2.75) is 19.4 Å². The molecule has 4 heteroatoms. The average molecular weight is 321 g/mol. The smallest absolute Gasteiger partial charge is 0.258 e. The number of amides is 1. The number of hydrogen-bond donors (Lipinski definition) is 1. The molecular weight excluding hydrogens is 302 g/mol. The molecule has 3 rings (SSSR count). The van der Waals surface area contributed by atoms with Crippen LogP contribution in [0.3, 0.4) is 0 Å². The van der Waals surface area contributed by atoms with Crippen LogP contribution in [0.5, 0.6) is 0 Å². The lowest BCUT2D eigenvalue weighted by atomic mass is 9.93. The van der Waals surface area contributed by atoms with Gasteiger partial charge >= 0.3 is 0 Å². The first-order valence-corrected chi connectivity index (χ1v) is 7.88. The van der Waals surface area contributed by atoms with Crippen LogP contribution < -0.4 is 5.32 Å². The first-order chi connectivity index (χ1) is 11.6. The van der Waals surface area contributed by atoms with E-state index in [4.69, 9.17) is 4.74 Å². The van der Waals surface area contributed by atoms with Crippen LogP contribution >= 0.6 is 0 Å². The van der Waals surface area contributed by atoms with Crippen LogP contribution in [-0.2, 0) is 14.3 Å². The number of ketones is 1. The van der Waals surface area contributed by atoms with E-state index in [9.17, 15) is 9.59 Å². The Labute approximate surface area is 141 Å². The van der Waals surface area contributed by atoms with Gasteiger partial charge < -0.3 is 10.1 Å². The summed E-state index contributed by atoms with van der Waals surface area (Å²) in [4.78, 5) is 24.8. The van der Waals surface area contributed by atoms with Gasteiger partial charge in [0.1, 0.15) is 17.4 Å². The van der Waals surface area contributed by atoms with Crippen molar-refractivity contribution in [1.29, 1.82) is 0 Å². The molecule has 0 saturated heterocycles. The molecule has 0 spiro atoms. The van der Waals surface area contributed by atoms with E-state index in [2.05, 4.69) is 5.32 Å². The monoisotopic (exact) mass is 321 g/mol. The summed E-state index contributed by atoms with van der Waals surface area (Å²) in [5.41, 5.74) is 2.84. The zero-order valence-electron chi connectivity index (χ0n) is 13.7. The van der Waals surface area contributed by atoms with E-state index < -0.39 is 5.91 Å². The highest BCUT2D eigenvalue weighted by Gasteiger charge is 2.34. The van der Waals surface area contributed by atoms with E-state index in [0.717, 1.165) is 16.7 Å². The fraction of sp³-hybridized carbons (Fsp3) is 0.200. The van der Waals surface area contributed by atoms with Gasteiger partial charge in [-0.3, -0.25) is 9.59 Å². The van der Waals surface area contributed by atoms with Crippen molar-refractivity contribution >= 4 is 17.4 Å². The summed E-state index contributed by atoms with van der Waals surface area (Å²) in [5, 5.41) is 2.53. The molecule has 0 bridgehead atoms. The van der Waals surface area contributed by atoms with Crippen molar-refractivity contribution in [3.63, 3.8) is 0 Å². The van der Waals surface area contributed by atoms with Gasteiger partial charge in [-0.05, 0) is 12.5 Å². The molecule has 122 valence electrons. The molecule has 1 aliphatic rings. The van der Waals surface area contributed by atoms with Gasteiger partial charge in [0.2, 0.25) is 0 Å². The van der Waals surface area contributed by atoms with E-state index in [1.807, 2.05) is 61.5 Å². The Morgan fingerprint density at radius 2 is 1.75 bits per heavy atom. The van der Waals surface area contributed by atoms with Gasteiger partial charge in [-0.25, -0.2) is 0 Å². The Kier molecular flexibility index (Phi) is 4.47. The number of ether oxygens (including phenoxy) is 1. The number of Topliss-reactive ketones (excluding diaryl/α,β-unsaturated/α-hetero) is 1. The SMILES string of the molecule is CNC(=O)C1=C(c2ccc(C)cc2)OC(c2ccccc2)CC1=O. The largest absolute Gasteiger partial charge is 0.484 e. The van der Waals surface area contributed by atoms with Gasteiger partial charge in [0, 0.05) is 12.6 Å². The molecule has 1 atom stereocenters. The fourth-order valence-corrected chi connectivity index (χ4v) is 2.77. The third-order valence-corrected chi connectivity index (χ3v) is 4.08. The van der Waals surface area contributed by atoms with E-state index in [0.29, 0.717) is 5.76 Å². The molecule has 0 saturated carbocycles. The Bertz CT molecular complexity index is 791. The van der Waals surface area contributed by atoms with Gasteiger partial charge in [0.25, 0.3) is 5.91 Å². The number of likely N-dealkylation sites (N-methyl/N-ethyl adjacent to an activating group) is 1. The summed E-state index contributed by atoms with van der Waals surface area (Å²) in [6.45, 7) is 1.98. The number of hydrogen-bond acceptors (Lipinski definition) is 3. The van der Waals surface area contributed by atoms with Crippen LogP contribution in [-0.4, -0.2) is 18.7 Å². The highest BCUT2D eigenvalue weighted by molar-refractivity contribution is 6.24. The molecule has 0 radical (unpaired) electrons. The molecule has 2 aromatic rings. The molecular formula is C20H19NO3. The topological polar surface area (TPSA) is 55.4 Å². The Morgan fingerprint density at radius 1 is 1.08 bits per heavy atom. The van der Waals surface area contributed by atoms with Crippen LogP contribution in [0.1, 0.15) is 29.2 Å². The lowest BCUT2D eigenvalue weighted by Gasteiger charge is -2.27. The summed E-state index contributed by atoms with van der Waals surface area (Å²) >= 11 is 0. The van der Waals surface area contributed by atoms with Crippen LogP contribution in [0.15, 0.2) is 60.2 Å². The Morgan fingerprint density at radius 3 is 2.38 bits per heavy atom. The molecule has 1 heterocycles. The molecule has 1 unspecified atom stereocenters. The van der Waals surface area contributed by atoms with E-state index in [1.165, 1.54) is 7.05 Å². The molecule has 0 aromatic heterocycles. The van der Waals surface area contributed by atoms with E-state index >= 15 is 0 Å². The molecule has 24 heavy (non-hydrogen) atoms. The highest BCUT2D eigenvalue weighted by atomic mass is 16.5. The van der Waals surface area contributed by atoms with Crippen molar-refractivity contribution in [3.05, 3.63) is 76.9 Å². The molecule has 1 N–H and O–H groups in total. The minimum atomic E-state index is -0.415. The van der Waals surface area contributed by atoms with Gasteiger partial charge in [0.15, 0.2) is 5.78 Å². The van der Waals surface area contributed by atoms with Crippen LogP contribution in [0.2, 0.25) is 0 Å². The zero-order chi connectivity index (χ0) is 17.1. The van der Waals surface area contributed by atoms with Gasteiger partial charge in [-0.1, -0.05) is 60.2 Å². The molecule has 0 aliphatic carbocycles. The lowest BCUT2D eigenvalue weighted by molar-refractivity contribution is -0.124. The van der Waals surface area contributed by atoms with E-state index in [1.54, 1.807) is 0 Å². The molecule has 4 nitrogen and oxygen atoms in total. The Balaban J connectivity index is 2.07. The standard InChI is InChI=1S/C20H19NO3/c1-13-8-10-15(11-9-13)19-18(20(23)21-2)16(22)12-17(24-19)14-6-4-3-5-7-14/h3-11,17H,12H2,1-2H3,(H,21,23). The number of rotatable bonds is 3. The predicted octanol–water partition coefficient (Wildman–Crippen LogP) is 3.18. The van der Waals surface area contributed by atoms with Gasteiger partial charge in [-0.2, -0.15) is 0 Å². The minimum Gasteiger partial charge on any atom is -0.484 e. The normalized spacial score (nSPS) is 17.4. The second-order valence-electron chi connectivity index (χ2n) is 5.79. The maximum Gasteiger partial charge on any atom is 0.258 e. The van der Waals surface area contributed by atoms with Crippen LogP contribution in [0, 0.1) is 6.92 Å². The number of carbonyl (C=O) groups is 2. The van der Waals surface area contributed by atoms with Gasteiger partial charge in [0.05, 0.1) is 6.42 Å². The second-order valence-corrected chi connectivity index (χ2v) is 5.79. The fourth-order valence-electron chi connectivity index (χ4n) is 2.77. The summed E-state index contributed by atoms with van der Waals surface area (Å²) in [7, 11) is 1.51.